The van der Waals surface area contributed by atoms with Gasteiger partial charge in [0.1, 0.15) is 23.9 Å². The number of morpholine rings is 1. The van der Waals surface area contributed by atoms with Gasteiger partial charge in [-0.2, -0.15) is 0 Å². The normalized spacial score (nSPS) is 19.5. The molecule has 202 valence electrons. The first-order valence-corrected chi connectivity index (χ1v) is 13.1. The number of aliphatic hydroxyl groups excluding tert-OH is 1. The summed E-state index contributed by atoms with van der Waals surface area (Å²) < 4.78 is 16.6. The highest BCUT2D eigenvalue weighted by molar-refractivity contribution is 6.46. The zero-order chi connectivity index (χ0) is 27.1. The van der Waals surface area contributed by atoms with Crippen molar-refractivity contribution in [2.45, 2.75) is 26.3 Å². The molecule has 8 heteroatoms. The number of benzene rings is 2. The third-order valence-corrected chi connectivity index (χ3v) is 6.83. The van der Waals surface area contributed by atoms with Gasteiger partial charge < -0.3 is 24.2 Å². The molecular formula is C30H36N2O6. The number of aryl methyl sites for hydroxylation is 1. The van der Waals surface area contributed by atoms with Gasteiger partial charge in [-0.25, -0.2) is 0 Å². The molecule has 0 bridgehead atoms. The van der Waals surface area contributed by atoms with E-state index in [1.54, 1.807) is 41.3 Å². The highest BCUT2D eigenvalue weighted by Gasteiger charge is 2.45. The molecule has 1 N–H and O–H groups in total. The zero-order valence-corrected chi connectivity index (χ0v) is 22.2. The van der Waals surface area contributed by atoms with Gasteiger partial charge in [0.25, 0.3) is 11.7 Å². The van der Waals surface area contributed by atoms with E-state index in [-0.39, 0.29) is 11.3 Å². The molecule has 2 aliphatic rings. The maximum atomic E-state index is 13.3. The van der Waals surface area contributed by atoms with Crippen molar-refractivity contribution >= 4 is 17.4 Å². The van der Waals surface area contributed by atoms with Crippen molar-refractivity contribution in [1.29, 1.82) is 0 Å². The minimum absolute atomic E-state index is 0.0877. The minimum atomic E-state index is -0.708. The Morgan fingerprint density at radius 2 is 1.84 bits per heavy atom. The van der Waals surface area contributed by atoms with Crippen molar-refractivity contribution in [3.63, 3.8) is 0 Å². The molecule has 4 rings (SSSR count). The summed E-state index contributed by atoms with van der Waals surface area (Å²) in [4.78, 5) is 30.5. The summed E-state index contributed by atoms with van der Waals surface area (Å²) in [5.41, 5.74) is 2.11. The topological polar surface area (TPSA) is 88.5 Å². The van der Waals surface area contributed by atoms with Gasteiger partial charge in [0.05, 0.1) is 31.4 Å². The predicted octanol–water partition coefficient (Wildman–Crippen LogP) is 4.10. The smallest absolute Gasteiger partial charge is 0.295 e. The van der Waals surface area contributed by atoms with Crippen molar-refractivity contribution in [1.82, 2.24) is 9.80 Å². The zero-order valence-electron chi connectivity index (χ0n) is 22.2. The molecule has 0 saturated carbocycles. The maximum absolute atomic E-state index is 13.3. The number of hydrogen-bond donors (Lipinski definition) is 1. The fourth-order valence-electron chi connectivity index (χ4n) is 4.92. The van der Waals surface area contributed by atoms with Gasteiger partial charge >= 0.3 is 0 Å². The lowest BCUT2D eigenvalue weighted by atomic mass is 9.94. The van der Waals surface area contributed by atoms with Crippen LogP contribution in [0.4, 0.5) is 0 Å². The van der Waals surface area contributed by atoms with Crippen LogP contribution in [0.15, 0.2) is 60.7 Å². The standard InChI is InChI=1S/C30H36N2O6/c1-4-17-38-24-10-7-22(8-11-24)27-26(28(33)23-9-12-25(37-5-2)21(3)20-23)29(34)30(35)32(27)14-6-13-31-15-18-36-19-16-31/h4,7-12,20,27,33H,1,5-6,13-19H2,2-3H3/t27-/m1/s1. The monoisotopic (exact) mass is 520 g/mol. The summed E-state index contributed by atoms with van der Waals surface area (Å²) in [7, 11) is 0. The van der Waals surface area contributed by atoms with Crippen LogP contribution >= 0.6 is 0 Å². The van der Waals surface area contributed by atoms with Gasteiger partial charge in [0.2, 0.25) is 0 Å². The van der Waals surface area contributed by atoms with E-state index in [0.29, 0.717) is 56.5 Å². The molecule has 0 aromatic heterocycles. The number of carbonyl (C=O) groups excluding carboxylic acids is 2. The maximum Gasteiger partial charge on any atom is 0.295 e. The van der Waals surface area contributed by atoms with E-state index in [0.717, 1.165) is 30.8 Å². The first-order valence-electron chi connectivity index (χ1n) is 13.1. The molecule has 2 heterocycles. The predicted molar refractivity (Wildman–Crippen MR) is 145 cm³/mol. The number of ether oxygens (including phenoxy) is 3. The molecule has 0 radical (unpaired) electrons. The number of ketones is 1. The lowest BCUT2D eigenvalue weighted by Crippen LogP contribution is -2.38. The average Bonchev–Trinajstić information content (AvgIpc) is 3.18. The third kappa shape index (κ3) is 6.09. The molecular weight excluding hydrogens is 484 g/mol. The van der Waals surface area contributed by atoms with Gasteiger partial charge in [-0.3, -0.25) is 14.5 Å². The summed E-state index contributed by atoms with van der Waals surface area (Å²) in [6.07, 6.45) is 2.36. The Bertz CT molecular complexity index is 1180. The second-order valence-electron chi connectivity index (χ2n) is 9.38. The Morgan fingerprint density at radius 3 is 2.50 bits per heavy atom. The van der Waals surface area contributed by atoms with Gasteiger partial charge in [0.15, 0.2) is 0 Å². The van der Waals surface area contributed by atoms with Crippen LogP contribution in [0.1, 0.15) is 36.1 Å². The van der Waals surface area contributed by atoms with Crippen LogP contribution in [0.3, 0.4) is 0 Å². The van der Waals surface area contributed by atoms with Gasteiger partial charge in [-0.1, -0.05) is 24.8 Å². The van der Waals surface area contributed by atoms with Crippen LogP contribution in [0, 0.1) is 6.92 Å². The summed E-state index contributed by atoms with van der Waals surface area (Å²) in [6, 6.07) is 11.8. The molecule has 0 aliphatic carbocycles. The van der Waals surface area contributed by atoms with Crippen LogP contribution in [0.25, 0.3) is 5.76 Å². The van der Waals surface area contributed by atoms with Gasteiger partial charge in [-0.15, -0.1) is 0 Å². The Balaban J connectivity index is 1.67. The molecule has 8 nitrogen and oxygen atoms in total. The van der Waals surface area contributed by atoms with Crippen molar-refractivity contribution in [3.05, 3.63) is 77.4 Å². The lowest BCUT2D eigenvalue weighted by Gasteiger charge is -2.29. The van der Waals surface area contributed by atoms with Crippen molar-refractivity contribution in [3.8, 4) is 11.5 Å². The van der Waals surface area contributed by atoms with E-state index in [1.165, 1.54) is 0 Å². The third-order valence-electron chi connectivity index (χ3n) is 6.83. The number of amides is 1. The van der Waals surface area contributed by atoms with Crippen molar-refractivity contribution < 1.29 is 28.9 Å². The minimum Gasteiger partial charge on any atom is -0.507 e. The van der Waals surface area contributed by atoms with Crippen LogP contribution in [0.5, 0.6) is 11.5 Å². The van der Waals surface area contributed by atoms with Crippen LogP contribution < -0.4 is 9.47 Å². The number of likely N-dealkylation sites (tertiary alicyclic amines) is 1. The first-order chi connectivity index (χ1) is 18.4. The second-order valence-corrected chi connectivity index (χ2v) is 9.38. The van der Waals surface area contributed by atoms with Crippen LogP contribution in [-0.4, -0.2) is 79.2 Å². The summed E-state index contributed by atoms with van der Waals surface area (Å²) in [5, 5.41) is 11.4. The Labute approximate surface area is 224 Å². The van der Waals surface area contributed by atoms with E-state index >= 15 is 0 Å². The molecule has 38 heavy (non-hydrogen) atoms. The molecule has 2 aliphatic heterocycles. The largest absolute Gasteiger partial charge is 0.507 e. The highest BCUT2D eigenvalue weighted by atomic mass is 16.5. The van der Waals surface area contributed by atoms with Crippen molar-refractivity contribution in [2.24, 2.45) is 0 Å². The summed E-state index contributed by atoms with van der Waals surface area (Å²) in [5.74, 6) is -0.118. The highest BCUT2D eigenvalue weighted by Crippen LogP contribution is 2.40. The average molecular weight is 521 g/mol. The molecule has 1 atom stereocenters. The van der Waals surface area contributed by atoms with E-state index in [2.05, 4.69) is 11.5 Å². The Hall–Kier alpha value is -3.62. The fourth-order valence-corrected chi connectivity index (χ4v) is 4.92. The molecule has 1 amide bonds. The molecule has 2 aromatic carbocycles. The quantitative estimate of drug-likeness (QED) is 0.207. The summed E-state index contributed by atoms with van der Waals surface area (Å²) in [6.45, 7) is 12.6. The van der Waals surface area contributed by atoms with Crippen LogP contribution in [0.2, 0.25) is 0 Å². The fraction of sp³-hybridized carbons (Fsp3) is 0.400. The van der Waals surface area contributed by atoms with E-state index in [9.17, 15) is 14.7 Å². The van der Waals surface area contributed by atoms with Gasteiger partial charge in [-0.05, 0) is 61.7 Å². The molecule has 0 unspecified atom stereocenters. The Morgan fingerprint density at radius 1 is 1.11 bits per heavy atom. The van der Waals surface area contributed by atoms with Gasteiger partial charge in [0, 0.05) is 31.7 Å². The number of hydrogen-bond acceptors (Lipinski definition) is 7. The number of Topliss-reactive ketones (excluding diaryl/α,β-unsaturated/α-hetero) is 1. The lowest BCUT2D eigenvalue weighted by molar-refractivity contribution is -0.140. The number of aliphatic hydroxyl groups is 1. The molecule has 2 saturated heterocycles. The SMILES string of the molecule is C=CCOc1ccc([C@@H]2C(=C(O)c3ccc(OCC)c(C)c3)C(=O)C(=O)N2CCCN2CCOCC2)cc1. The number of carbonyl (C=O) groups is 2. The van der Waals surface area contributed by atoms with E-state index < -0.39 is 17.7 Å². The number of nitrogens with zero attached hydrogens (tertiary/aromatic N) is 2. The first kappa shape index (κ1) is 27.4. The summed E-state index contributed by atoms with van der Waals surface area (Å²) >= 11 is 0. The van der Waals surface area contributed by atoms with E-state index in [1.807, 2.05) is 26.0 Å². The number of rotatable bonds is 11. The molecule has 2 aromatic rings. The van der Waals surface area contributed by atoms with E-state index in [4.69, 9.17) is 14.2 Å². The van der Waals surface area contributed by atoms with Crippen LogP contribution in [-0.2, 0) is 14.3 Å². The van der Waals surface area contributed by atoms with Crippen molar-refractivity contribution in [2.75, 3.05) is 52.6 Å². The Kier molecular flexibility index (Phi) is 9.20. The second kappa shape index (κ2) is 12.8. The molecule has 2 fully saturated rings. The molecule has 0 spiro atoms.